The molecule has 2 aromatic carbocycles. The molecule has 31 heavy (non-hydrogen) atoms. The van der Waals surface area contributed by atoms with E-state index in [-0.39, 0.29) is 7.43 Å². The summed E-state index contributed by atoms with van der Waals surface area (Å²) >= 11 is 0. The molecule has 0 unspecified atom stereocenters. The van der Waals surface area contributed by atoms with E-state index >= 15 is 0 Å². The summed E-state index contributed by atoms with van der Waals surface area (Å²) in [4.78, 5) is 0. The first-order valence-electron chi connectivity index (χ1n) is 11.2. The summed E-state index contributed by atoms with van der Waals surface area (Å²) < 4.78 is 3.82. The van der Waals surface area contributed by atoms with Crippen LogP contribution in [0, 0.1) is 0 Å². The van der Waals surface area contributed by atoms with Gasteiger partial charge in [0.05, 0.1) is 23.4 Å². The van der Waals surface area contributed by atoms with Gasteiger partial charge in [0.1, 0.15) is 0 Å². The minimum absolute atomic E-state index is 0. The fourth-order valence-electron chi connectivity index (χ4n) is 3.06. The van der Waals surface area contributed by atoms with Crippen LogP contribution in [0.1, 0.15) is 85.8 Å². The van der Waals surface area contributed by atoms with Gasteiger partial charge in [-0.1, -0.05) is 81.0 Å². The number of benzene rings is 2. The molecule has 0 aliphatic rings. The first kappa shape index (κ1) is 28.4. The molecule has 0 bridgehead atoms. The van der Waals surface area contributed by atoms with E-state index in [2.05, 4.69) is 74.3 Å². The van der Waals surface area contributed by atoms with Gasteiger partial charge in [-0.25, -0.2) is 0 Å². The maximum atomic E-state index is 4.21. The van der Waals surface area contributed by atoms with Crippen LogP contribution in [0.3, 0.4) is 0 Å². The maximum Gasteiger partial charge on any atom is 0.0681 e. The van der Waals surface area contributed by atoms with Gasteiger partial charge in [-0.2, -0.15) is 10.2 Å². The zero-order chi connectivity index (χ0) is 22.8. The molecule has 4 nitrogen and oxygen atoms in total. The molecule has 4 aromatic rings. The Morgan fingerprint density at radius 1 is 0.613 bits per heavy atom. The third-order valence-corrected chi connectivity index (χ3v) is 4.88. The van der Waals surface area contributed by atoms with Crippen molar-refractivity contribution < 1.29 is 0 Å². The SMILES string of the molecule is C.CC.CC.CC(C)c1ccc2c(cnn2C)c1.CC(C)c1ccc2cnn(C)c2c1. The maximum absolute atomic E-state index is 4.21. The van der Waals surface area contributed by atoms with Gasteiger partial charge in [0.25, 0.3) is 0 Å². The molecule has 0 fully saturated rings. The molecule has 172 valence electrons. The molecular formula is C27H44N4. The predicted octanol–water partition coefficient (Wildman–Crippen LogP) is 8.08. The molecule has 0 N–H and O–H groups in total. The summed E-state index contributed by atoms with van der Waals surface area (Å²) in [5.41, 5.74) is 5.16. The van der Waals surface area contributed by atoms with Crippen molar-refractivity contribution in [2.24, 2.45) is 14.1 Å². The molecule has 4 heteroatoms. The Balaban J connectivity index is 0.000000487. The number of hydrogen-bond acceptors (Lipinski definition) is 2. The minimum atomic E-state index is 0. The lowest BCUT2D eigenvalue weighted by molar-refractivity contribution is 0.794. The molecule has 4 rings (SSSR count). The zero-order valence-corrected chi connectivity index (χ0v) is 20.6. The van der Waals surface area contributed by atoms with Gasteiger partial charge in [0.2, 0.25) is 0 Å². The lowest BCUT2D eigenvalue weighted by Gasteiger charge is -2.04. The summed E-state index contributed by atoms with van der Waals surface area (Å²) in [6.45, 7) is 16.8. The van der Waals surface area contributed by atoms with Crippen LogP contribution in [0.25, 0.3) is 21.8 Å². The van der Waals surface area contributed by atoms with Gasteiger partial charge in [-0.15, -0.1) is 0 Å². The predicted molar refractivity (Wildman–Crippen MR) is 139 cm³/mol. The molecule has 0 aliphatic heterocycles. The molecule has 0 saturated carbocycles. The van der Waals surface area contributed by atoms with E-state index in [9.17, 15) is 0 Å². The second-order valence-electron chi connectivity index (χ2n) is 7.48. The van der Waals surface area contributed by atoms with Crippen LogP contribution in [0.15, 0.2) is 48.8 Å². The number of rotatable bonds is 2. The second-order valence-corrected chi connectivity index (χ2v) is 7.48. The Bertz CT molecular complexity index is 1020. The third kappa shape index (κ3) is 7.23. The number of aryl methyl sites for hydroxylation is 2. The molecular weight excluding hydrogens is 380 g/mol. The smallest absolute Gasteiger partial charge is 0.0681 e. The third-order valence-electron chi connectivity index (χ3n) is 4.88. The zero-order valence-electron chi connectivity index (χ0n) is 20.6. The van der Waals surface area contributed by atoms with Crippen molar-refractivity contribution in [3.63, 3.8) is 0 Å². The molecule has 0 amide bonds. The van der Waals surface area contributed by atoms with Crippen molar-refractivity contribution in [1.82, 2.24) is 19.6 Å². The summed E-state index contributed by atoms with van der Waals surface area (Å²) in [5.74, 6) is 1.17. The number of fused-ring (bicyclic) bond motifs is 2. The molecule has 0 saturated heterocycles. The van der Waals surface area contributed by atoms with Crippen molar-refractivity contribution in [3.05, 3.63) is 59.9 Å². The van der Waals surface area contributed by atoms with E-state index in [1.807, 2.05) is 63.5 Å². The van der Waals surface area contributed by atoms with Crippen molar-refractivity contribution >= 4 is 21.8 Å². The summed E-state index contributed by atoms with van der Waals surface area (Å²) in [5, 5.41) is 10.9. The Labute approximate surface area is 190 Å². The fraction of sp³-hybridized carbons (Fsp3) is 0.481. The highest BCUT2D eigenvalue weighted by molar-refractivity contribution is 5.80. The summed E-state index contributed by atoms with van der Waals surface area (Å²) in [6.07, 6.45) is 3.82. The number of hydrogen-bond donors (Lipinski definition) is 0. The van der Waals surface area contributed by atoms with Crippen molar-refractivity contribution in [2.45, 2.75) is 74.7 Å². The van der Waals surface area contributed by atoms with Crippen LogP contribution in [0.4, 0.5) is 0 Å². The van der Waals surface area contributed by atoms with Gasteiger partial charge < -0.3 is 0 Å². The lowest BCUT2D eigenvalue weighted by Crippen LogP contribution is -1.91. The first-order chi connectivity index (χ1) is 14.4. The molecule has 0 aliphatic carbocycles. The average molecular weight is 425 g/mol. The minimum Gasteiger partial charge on any atom is -0.268 e. The van der Waals surface area contributed by atoms with Gasteiger partial charge >= 0.3 is 0 Å². The normalized spacial score (nSPS) is 9.94. The highest BCUT2D eigenvalue weighted by Gasteiger charge is 2.04. The van der Waals surface area contributed by atoms with Crippen LogP contribution in [-0.4, -0.2) is 19.6 Å². The summed E-state index contributed by atoms with van der Waals surface area (Å²) in [6, 6.07) is 13.1. The topological polar surface area (TPSA) is 35.6 Å². The molecule has 0 atom stereocenters. The highest BCUT2D eigenvalue weighted by atomic mass is 15.3. The van der Waals surface area contributed by atoms with E-state index in [1.54, 1.807) is 0 Å². The molecule has 0 radical (unpaired) electrons. The van der Waals surface area contributed by atoms with Crippen LogP contribution in [-0.2, 0) is 14.1 Å². The van der Waals surface area contributed by atoms with Gasteiger partial charge in [-0.3, -0.25) is 9.36 Å². The standard InChI is InChI=1S/2C11H14N2.2C2H6.CH4/c1-8(2)9-4-5-11-10(6-9)7-12-13(11)3;1-8(2)9-4-5-10-7-12-13(3)11(10)6-9;2*1-2;/h2*4-8H,1-3H3;2*1-2H3;1H4. The molecule has 2 aromatic heterocycles. The largest absolute Gasteiger partial charge is 0.268 e. The first-order valence-corrected chi connectivity index (χ1v) is 11.2. The highest BCUT2D eigenvalue weighted by Crippen LogP contribution is 2.21. The van der Waals surface area contributed by atoms with Gasteiger partial charge in [0.15, 0.2) is 0 Å². The van der Waals surface area contributed by atoms with E-state index in [1.165, 1.54) is 32.9 Å². The van der Waals surface area contributed by atoms with Crippen LogP contribution >= 0.6 is 0 Å². The van der Waals surface area contributed by atoms with Crippen molar-refractivity contribution in [3.8, 4) is 0 Å². The quantitative estimate of drug-likeness (QED) is 0.326. The van der Waals surface area contributed by atoms with E-state index in [4.69, 9.17) is 0 Å². The Kier molecular flexibility index (Phi) is 12.5. The molecule has 2 heterocycles. The lowest BCUT2D eigenvalue weighted by atomic mass is 10.0. The van der Waals surface area contributed by atoms with Crippen molar-refractivity contribution in [1.29, 1.82) is 0 Å². The van der Waals surface area contributed by atoms with Gasteiger partial charge in [0, 0.05) is 24.9 Å². The number of aromatic nitrogens is 4. The van der Waals surface area contributed by atoms with Crippen LogP contribution < -0.4 is 0 Å². The van der Waals surface area contributed by atoms with E-state index in [0.29, 0.717) is 11.8 Å². The second kappa shape index (κ2) is 13.6. The number of nitrogens with zero attached hydrogens (tertiary/aromatic N) is 4. The molecule has 0 spiro atoms. The Morgan fingerprint density at radius 2 is 1.06 bits per heavy atom. The Morgan fingerprint density at radius 3 is 1.61 bits per heavy atom. The monoisotopic (exact) mass is 424 g/mol. The van der Waals surface area contributed by atoms with Gasteiger partial charge in [-0.05, 0) is 41.2 Å². The van der Waals surface area contributed by atoms with E-state index in [0.717, 1.165) is 0 Å². The Hall–Kier alpha value is -2.62. The summed E-state index contributed by atoms with van der Waals surface area (Å²) in [7, 11) is 3.95. The average Bonchev–Trinajstić information content (AvgIpc) is 3.33. The fourth-order valence-corrected chi connectivity index (χ4v) is 3.06. The van der Waals surface area contributed by atoms with E-state index < -0.39 is 0 Å². The van der Waals surface area contributed by atoms with Crippen LogP contribution in [0.5, 0.6) is 0 Å². The van der Waals surface area contributed by atoms with Crippen molar-refractivity contribution in [2.75, 3.05) is 0 Å². The van der Waals surface area contributed by atoms with Crippen LogP contribution in [0.2, 0.25) is 0 Å².